The average Bonchev–Trinajstić information content (AvgIpc) is 3.22. The van der Waals surface area contributed by atoms with Gasteiger partial charge >= 0.3 is 6.18 Å². The van der Waals surface area contributed by atoms with Gasteiger partial charge in [0.25, 0.3) is 5.90 Å². The maximum atomic E-state index is 13.5. The number of allylic oxidation sites excluding steroid dienone is 1. The predicted octanol–water partition coefficient (Wildman–Crippen LogP) is 4.06. The molecule has 5 rings (SSSR count). The molecule has 0 amide bonds. The summed E-state index contributed by atoms with van der Waals surface area (Å²) in [5, 5.41) is 9.11. The number of Topliss-reactive ketones (excluding diaryl/α,β-unsaturated/α-hetero) is 1. The molecule has 4 aliphatic heterocycles. The molecule has 1 aromatic rings. The van der Waals surface area contributed by atoms with Crippen LogP contribution in [0.2, 0.25) is 0 Å². The summed E-state index contributed by atoms with van der Waals surface area (Å²) in [5.74, 6) is 0.0578. The quantitative estimate of drug-likeness (QED) is 0.378. The Morgan fingerprint density at radius 3 is 2.80 bits per heavy atom. The SMILES string of the molecule is CC1(C)C(=O)C(OCC2CCOC2)=NC=C1[N+]1(S)C2CCN(c3ccc(C#N)c(C(F)(F)F)c3)C21. The van der Waals surface area contributed by atoms with Crippen LogP contribution in [0.25, 0.3) is 0 Å². The first kappa shape index (κ1) is 24.2. The Morgan fingerprint density at radius 1 is 1.37 bits per heavy atom. The molecule has 7 nitrogen and oxygen atoms in total. The molecule has 1 aromatic carbocycles. The van der Waals surface area contributed by atoms with Crippen LogP contribution >= 0.6 is 12.8 Å². The van der Waals surface area contributed by atoms with Gasteiger partial charge in [-0.1, -0.05) is 0 Å². The first-order valence-electron chi connectivity index (χ1n) is 11.5. The lowest BCUT2D eigenvalue weighted by Crippen LogP contribution is -2.45. The number of quaternary nitrogens is 1. The van der Waals surface area contributed by atoms with Crippen molar-refractivity contribution in [2.45, 2.75) is 45.1 Å². The predicted molar refractivity (Wildman–Crippen MR) is 124 cm³/mol. The number of carbonyl (C=O) groups excluding carboxylic acids is 1. The summed E-state index contributed by atoms with van der Waals surface area (Å²) in [5.41, 5.74) is -1.24. The number of ether oxygens (including phenoxy) is 2. The zero-order valence-electron chi connectivity index (χ0n) is 19.4. The zero-order chi connectivity index (χ0) is 25.2. The van der Waals surface area contributed by atoms with E-state index in [9.17, 15) is 18.0 Å². The molecule has 3 saturated heterocycles. The van der Waals surface area contributed by atoms with Gasteiger partial charge in [-0.3, -0.25) is 4.79 Å². The maximum Gasteiger partial charge on any atom is 0.417 e. The van der Waals surface area contributed by atoms with Crippen molar-refractivity contribution in [2.75, 3.05) is 31.3 Å². The fraction of sp³-hybridized carbons (Fsp3) is 0.542. The van der Waals surface area contributed by atoms with E-state index in [4.69, 9.17) is 27.6 Å². The molecule has 0 spiro atoms. The molecule has 0 radical (unpaired) electrons. The second kappa shape index (κ2) is 8.25. The smallest absolute Gasteiger partial charge is 0.417 e. The van der Waals surface area contributed by atoms with Gasteiger partial charge in [-0.2, -0.15) is 22.3 Å². The van der Waals surface area contributed by atoms with Gasteiger partial charge < -0.3 is 14.4 Å². The van der Waals surface area contributed by atoms with Crippen LogP contribution in [0, 0.1) is 22.7 Å². The molecule has 0 aliphatic carbocycles. The van der Waals surface area contributed by atoms with E-state index in [2.05, 4.69) is 4.99 Å². The van der Waals surface area contributed by atoms with Crippen molar-refractivity contribution in [1.82, 2.24) is 0 Å². The highest BCUT2D eigenvalue weighted by molar-refractivity contribution is 7.74. The Bertz CT molecular complexity index is 1170. The number of hydrogen-bond donors (Lipinski definition) is 1. The van der Waals surface area contributed by atoms with Gasteiger partial charge in [0.05, 0.1) is 49.4 Å². The number of nitrogens with zero attached hydrogens (tertiary/aromatic N) is 4. The van der Waals surface area contributed by atoms with Crippen LogP contribution in [-0.2, 0) is 20.4 Å². The number of carbonyl (C=O) groups is 1. The van der Waals surface area contributed by atoms with Crippen LogP contribution in [0.15, 0.2) is 35.1 Å². The van der Waals surface area contributed by atoms with Gasteiger partial charge in [0, 0.05) is 31.2 Å². The summed E-state index contributed by atoms with van der Waals surface area (Å²) in [6, 6.07) is 5.40. The third-order valence-corrected chi connectivity index (χ3v) is 8.23. The Balaban J connectivity index is 1.41. The van der Waals surface area contributed by atoms with E-state index in [1.165, 1.54) is 12.1 Å². The van der Waals surface area contributed by atoms with Crippen molar-refractivity contribution >= 4 is 30.2 Å². The third-order valence-electron chi connectivity index (χ3n) is 7.48. The molecule has 0 aromatic heterocycles. The van der Waals surface area contributed by atoms with Crippen molar-refractivity contribution in [1.29, 1.82) is 5.26 Å². The topological polar surface area (TPSA) is 74.9 Å². The van der Waals surface area contributed by atoms with Crippen molar-refractivity contribution in [3.8, 4) is 6.07 Å². The second-order valence-corrected chi connectivity index (χ2v) is 10.6. The van der Waals surface area contributed by atoms with Crippen LogP contribution in [0.3, 0.4) is 0 Å². The van der Waals surface area contributed by atoms with Crippen molar-refractivity contribution in [2.24, 2.45) is 16.3 Å². The summed E-state index contributed by atoms with van der Waals surface area (Å²) in [6.07, 6.45) is -1.66. The fourth-order valence-corrected chi connectivity index (χ4v) is 6.22. The lowest BCUT2D eigenvalue weighted by Gasteiger charge is -2.34. The number of hydrogen-bond acceptors (Lipinski definition) is 7. The summed E-state index contributed by atoms with van der Waals surface area (Å²) in [4.78, 5) is 19.5. The Hall–Kier alpha value is -2.55. The molecule has 4 aliphatic rings. The highest BCUT2D eigenvalue weighted by atomic mass is 32.1. The Kier molecular flexibility index (Phi) is 5.69. The number of halogens is 3. The van der Waals surface area contributed by atoms with E-state index in [0.717, 1.165) is 12.5 Å². The van der Waals surface area contributed by atoms with E-state index in [-0.39, 0.29) is 33.7 Å². The highest BCUT2D eigenvalue weighted by Gasteiger charge is 2.76. The minimum Gasteiger partial charge on any atom is -0.475 e. The average molecular weight is 508 g/mol. The van der Waals surface area contributed by atoms with Gasteiger partial charge in [-0.25, -0.2) is 4.99 Å². The number of rotatable bonds is 4. The molecule has 4 unspecified atom stereocenters. The van der Waals surface area contributed by atoms with E-state index in [1.807, 2.05) is 4.90 Å². The summed E-state index contributed by atoms with van der Waals surface area (Å²) >= 11 is 4.94. The number of ketones is 1. The molecule has 4 atom stereocenters. The van der Waals surface area contributed by atoms with Crippen molar-refractivity contribution < 1.29 is 31.3 Å². The normalized spacial score (nSPS) is 31.5. The van der Waals surface area contributed by atoms with E-state index >= 15 is 0 Å². The maximum absolute atomic E-state index is 13.5. The largest absolute Gasteiger partial charge is 0.475 e. The molecule has 4 heterocycles. The standard InChI is InChI=1S/C24H26F3N4O3S/c1-23(2)19(11-29-21(20(23)32)34-13-14-6-8-33-12-14)31(35)18-5-7-30(22(18)31)16-4-3-15(10-28)17(9-16)24(25,26)27/h3-4,9,11,14,18,22,35H,5-8,12-13H2,1-2H3/q+1. The van der Waals surface area contributed by atoms with Crippen LogP contribution < -0.4 is 4.90 Å². The monoisotopic (exact) mass is 507 g/mol. The Morgan fingerprint density at radius 2 is 2.14 bits per heavy atom. The van der Waals surface area contributed by atoms with Gasteiger partial charge in [0.1, 0.15) is 5.41 Å². The van der Waals surface area contributed by atoms with Gasteiger partial charge in [-0.05, 0) is 38.5 Å². The lowest BCUT2D eigenvalue weighted by atomic mass is 9.82. The highest BCUT2D eigenvalue weighted by Crippen LogP contribution is 2.60. The lowest BCUT2D eigenvalue weighted by molar-refractivity contribution is -0.642. The number of aliphatic imine (C=N–C) groups is 1. The molecule has 0 bridgehead atoms. The molecule has 35 heavy (non-hydrogen) atoms. The third kappa shape index (κ3) is 3.82. The Labute approximate surface area is 206 Å². The molecule has 0 N–H and O–H groups in total. The molecule has 11 heteroatoms. The summed E-state index contributed by atoms with van der Waals surface area (Å²) in [7, 11) is 0. The fourth-order valence-electron chi connectivity index (χ4n) is 5.47. The van der Waals surface area contributed by atoms with E-state index in [0.29, 0.717) is 44.2 Å². The van der Waals surface area contributed by atoms with E-state index < -0.39 is 22.7 Å². The van der Waals surface area contributed by atoms with Crippen LogP contribution in [0.1, 0.15) is 37.8 Å². The van der Waals surface area contributed by atoms with Crippen molar-refractivity contribution in [3.05, 3.63) is 41.2 Å². The molecular formula is C24H26F3N4O3S+. The second-order valence-electron chi connectivity index (χ2n) is 9.98. The number of nitriles is 1. The van der Waals surface area contributed by atoms with Gasteiger partial charge in [0.2, 0.25) is 11.9 Å². The van der Waals surface area contributed by atoms with Crippen LogP contribution in [0.4, 0.5) is 18.9 Å². The summed E-state index contributed by atoms with van der Waals surface area (Å²) < 4.78 is 51.8. The number of alkyl halides is 3. The number of benzene rings is 1. The number of anilines is 1. The van der Waals surface area contributed by atoms with Crippen LogP contribution in [0.5, 0.6) is 0 Å². The minimum atomic E-state index is -4.63. The first-order valence-corrected chi connectivity index (χ1v) is 11.9. The zero-order valence-corrected chi connectivity index (χ0v) is 20.3. The van der Waals surface area contributed by atoms with Gasteiger partial charge in [-0.15, -0.1) is 0 Å². The number of fused-ring (bicyclic) bond motifs is 1. The first-order chi connectivity index (χ1) is 16.5. The summed E-state index contributed by atoms with van der Waals surface area (Å²) in [6.45, 7) is 5.82. The molecule has 186 valence electrons. The van der Waals surface area contributed by atoms with E-state index in [1.54, 1.807) is 26.1 Å². The van der Waals surface area contributed by atoms with Crippen molar-refractivity contribution in [3.63, 3.8) is 0 Å². The minimum absolute atomic E-state index is 0.00921. The molecule has 3 fully saturated rings. The number of thiol groups is 1. The van der Waals surface area contributed by atoms with Gasteiger partial charge in [0.15, 0.2) is 11.7 Å². The molecular weight excluding hydrogens is 481 g/mol. The van der Waals surface area contributed by atoms with Crippen LogP contribution in [-0.4, -0.2) is 54.1 Å². The molecule has 0 saturated carbocycles.